The number of nitrogens with zero attached hydrogens (tertiary/aromatic N) is 2. The molecule has 11 nitrogen and oxygen atoms in total. The number of halogens is 1. The van der Waals surface area contributed by atoms with Gasteiger partial charge in [-0.1, -0.05) is 98.5 Å². The number of fused-ring (bicyclic) bond motifs is 2. The van der Waals surface area contributed by atoms with Crippen LogP contribution in [0.4, 0.5) is 0 Å². The molecule has 0 amide bonds. The summed E-state index contributed by atoms with van der Waals surface area (Å²) in [7, 11) is -14.3. The number of sulfone groups is 2. The first-order valence-electron chi connectivity index (χ1n) is 17.9. The van der Waals surface area contributed by atoms with Crippen molar-refractivity contribution in [3.8, 4) is 0 Å². The van der Waals surface area contributed by atoms with Crippen LogP contribution in [0.25, 0.3) is 10.2 Å². The molecule has 0 unspecified atom stereocenters. The summed E-state index contributed by atoms with van der Waals surface area (Å²) in [5, 5.41) is 2.56. The highest BCUT2D eigenvalue weighted by Gasteiger charge is 2.45. The smallest absolute Gasteiger partial charge is 0.264 e. The number of hydrogen-bond donors (Lipinski definition) is 1. The Balaban J connectivity index is 0.000000169. The van der Waals surface area contributed by atoms with Gasteiger partial charge in [0.1, 0.15) is 0 Å². The molecule has 290 valence electrons. The van der Waals surface area contributed by atoms with Crippen LogP contribution in [0.15, 0.2) is 139 Å². The molecule has 4 aliphatic rings. The number of nitrogens with one attached hydrogen (secondary N) is 1. The summed E-state index contributed by atoms with van der Waals surface area (Å²) in [4.78, 5) is 0.431. The van der Waals surface area contributed by atoms with E-state index in [0.717, 1.165) is 34.3 Å². The van der Waals surface area contributed by atoms with Crippen molar-refractivity contribution in [2.24, 2.45) is 11.8 Å². The van der Waals surface area contributed by atoms with Crippen LogP contribution >= 0.6 is 15.9 Å². The van der Waals surface area contributed by atoms with Gasteiger partial charge in [-0.3, -0.25) is 8.61 Å². The van der Waals surface area contributed by atoms with E-state index < -0.39 is 39.7 Å². The molecule has 2 aliphatic carbocycles. The molecule has 0 radical (unpaired) electrons. The second kappa shape index (κ2) is 15.2. The van der Waals surface area contributed by atoms with E-state index in [9.17, 15) is 33.7 Å². The topological polar surface area (TPSA) is 155 Å². The Labute approximate surface area is 331 Å². The first-order chi connectivity index (χ1) is 26.2. The van der Waals surface area contributed by atoms with Gasteiger partial charge in [0, 0.05) is 31.3 Å². The van der Waals surface area contributed by atoms with Crippen molar-refractivity contribution in [2.45, 2.75) is 58.1 Å². The number of sulfonamides is 2. The average molecular weight is 887 g/mol. The summed E-state index contributed by atoms with van der Waals surface area (Å²) < 4.78 is 109. The van der Waals surface area contributed by atoms with Crippen LogP contribution in [0.2, 0.25) is 0 Å². The minimum absolute atomic E-state index is 0.0831. The minimum Gasteiger partial charge on any atom is -0.385 e. The molecule has 16 heteroatoms. The molecule has 8 rings (SSSR count). The molecular formula is C39H40BrN3O8S4. The Morgan fingerprint density at radius 3 is 1.40 bits per heavy atom. The van der Waals surface area contributed by atoms with Crippen LogP contribution in [0.3, 0.4) is 0 Å². The van der Waals surface area contributed by atoms with E-state index >= 15 is 0 Å². The summed E-state index contributed by atoms with van der Waals surface area (Å²) in [6.07, 6.45) is 5.52. The van der Waals surface area contributed by atoms with E-state index in [-0.39, 0.29) is 42.7 Å². The average Bonchev–Trinajstić information content (AvgIpc) is 4.13. The second-order valence-electron chi connectivity index (χ2n) is 13.8. The quantitative estimate of drug-likeness (QED) is 0.153. The normalized spacial score (nSPS) is 18.2. The first kappa shape index (κ1) is 39.3. The highest BCUT2D eigenvalue weighted by molar-refractivity contribution is 9.15. The first-order valence-corrected chi connectivity index (χ1v) is 24.5. The molecule has 0 spiro atoms. The Bertz CT molecular complexity index is 2630. The van der Waals surface area contributed by atoms with Crippen molar-refractivity contribution < 1.29 is 33.7 Å². The molecule has 0 saturated heterocycles. The van der Waals surface area contributed by atoms with Crippen molar-refractivity contribution >= 4 is 65.8 Å². The predicted octanol–water partition coefficient (Wildman–Crippen LogP) is 6.80. The monoisotopic (exact) mass is 885 g/mol. The van der Waals surface area contributed by atoms with Crippen LogP contribution in [0, 0.1) is 11.8 Å². The zero-order valence-corrected chi connectivity index (χ0v) is 34.7. The largest absolute Gasteiger partial charge is 0.385 e. The van der Waals surface area contributed by atoms with Gasteiger partial charge >= 0.3 is 0 Å². The number of hydrogen-bond acceptors (Lipinski definition) is 9. The Morgan fingerprint density at radius 2 is 0.964 bits per heavy atom. The van der Waals surface area contributed by atoms with Gasteiger partial charge in [-0.2, -0.15) is 0 Å². The van der Waals surface area contributed by atoms with Gasteiger partial charge in [0.15, 0.2) is 10.1 Å². The second-order valence-corrected chi connectivity index (χ2v) is 22.0. The van der Waals surface area contributed by atoms with E-state index in [1.165, 1.54) is 36.4 Å². The lowest BCUT2D eigenvalue weighted by Gasteiger charge is -2.26. The zero-order valence-electron chi connectivity index (χ0n) is 29.9. The highest BCUT2D eigenvalue weighted by atomic mass is 79.9. The van der Waals surface area contributed by atoms with E-state index in [4.69, 9.17) is 0 Å². The SMILES string of the molecule is CNC1=C(N(CCC2CC2)S(=O)(=O)c2ccccc2)S(=O)(=O)c2ccccc21.O=S1(=O)C(N(CCC2CC2)S(=O)(=O)c2ccccc2)=C(Br)c2ccccc21. The lowest BCUT2D eigenvalue weighted by atomic mass is 10.2. The summed E-state index contributed by atoms with van der Waals surface area (Å²) in [5.41, 5.74) is 1.32. The summed E-state index contributed by atoms with van der Waals surface area (Å²) in [6.45, 7) is 0.273. The van der Waals surface area contributed by atoms with E-state index in [1.807, 2.05) is 0 Å². The fraction of sp³-hybridized carbons (Fsp3) is 0.282. The van der Waals surface area contributed by atoms with Gasteiger partial charge < -0.3 is 5.32 Å². The number of benzene rings is 4. The van der Waals surface area contributed by atoms with Gasteiger partial charge in [0.2, 0.25) is 19.7 Å². The third kappa shape index (κ3) is 7.51. The van der Waals surface area contributed by atoms with Gasteiger partial charge in [-0.15, -0.1) is 0 Å². The van der Waals surface area contributed by atoms with E-state index in [2.05, 4.69) is 21.2 Å². The zero-order chi connectivity index (χ0) is 39.2. The van der Waals surface area contributed by atoms with Crippen molar-refractivity contribution in [3.63, 3.8) is 0 Å². The third-order valence-corrected chi connectivity index (χ3v) is 18.7. The lowest BCUT2D eigenvalue weighted by molar-refractivity contribution is 0.465. The van der Waals surface area contributed by atoms with Gasteiger partial charge in [0.25, 0.3) is 20.0 Å². The van der Waals surface area contributed by atoms with Crippen LogP contribution in [-0.4, -0.2) is 62.4 Å². The highest BCUT2D eigenvalue weighted by Crippen LogP contribution is 2.46. The number of rotatable bonds is 13. The van der Waals surface area contributed by atoms with E-state index in [1.54, 1.807) is 79.8 Å². The van der Waals surface area contributed by atoms with Crippen molar-refractivity contribution in [2.75, 3.05) is 20.1 Å². The predicted molar refractivity (Wildman–Crippen MR) is 214 cm³/mol. The maximum atomic E-state index is 13.5. The summed E-state index contributed by atoms with van der Waals surface area (Å²) in [5.74, 6) is 0.919. The van der Waals surface area contributed by atoms with Gasteiger partial charge in [0.05, 0.1) is 29.8 Å². The molecule has 4 aromatic carbocycles. The van der Waals surface area contributed by atoms with Crippen LogP contribution < -0.4 is 5.32 Å². The molecule has 55 heavy (non-hydrogen) atoms. The molecule has 0 aromatic heterocycles. The van der Waals surface area contributed by atoms with Crippen LogP contribution in [0.1, 0.15) is 49.7 Å². The van der Waals surface area contributed by atoms with Crippen molar-refractivity contribution in [3.05, 3.63) is 130 Å². The molecule has 4 aromatic rings. The molecule has 2 aliphatic heterocycles. The Morgan fingerprint density at radius 1 is 0.582 bits per heavy atom. The molecule has 1 N–H and O–H groups in total. The standard InChI is InChI=1S/C20H22N2O4S2.C19H18BrNO4S2/c1-21-19-17-9-5-6-10-18(17)27(23,24)20(19)22(14-13-15-11-12-15)28(25,26)16-7-3-2-4-8-16;20-18-16-8-4-5-9-17(16)26(22,23)19(18)21(13-12-14-10-11-14)27(24,25)15-6-2-1-3-7-15/h2-10,15,21H,11-14H2,1H3;1-9,14H,10-13H2. The van der Waals surface area contributed by atoms with Crippen molar-refractivity contribution in [1.82, 2.24) is 13.9 Å². The molecular weight excluding hydrogens is 847 g/mol. The molecule has 0 bridgehead atoms. The maximum absolute atomic E-state index is 13.5. The third-order valence-electron chi connectivity index (χ3n) is 10.0. The van der Waals surface area contributed by atoms with E-state index in [0.29, 0.717) is 46.0 Å². The molecule has 2 heterocycles. The van der Waals surface area contributed by atoms with Crippen LogP contribution in [-0.2, 0) is 39.7 Å². The Hall–Kier alpha value is -3.96. The van der Waals surface area contributed by atoms with Gasteiger partial charge in [-0.25, -0.2) is 33.7 Å². The summed E-state index contributed by atoms with van der Waals surface area (Å²) >= 11 is 3.36. The van der Waals surface area contributed by atoms with Crippen LogP contribution in [0.5, 0.6) is 0 Å². The maximum Gasteiger partial charge on any atom is 0.264 e. The van der Waals surface area contributed by atoms with Crippen molar-refractivity contribution in [1.29, 1.82) is 0 Å². The van der Waals surface area contributed by atoms with Gasteiger partial charge in [-0.05, 0) is 77.0 Å². The summed E-state index contributed by atoms with van der Waals surface area (Å²) in [6, 6.07) is 29.1. The molecule has 2 fully saturated rings. The molecule has 0 atom stereocenters. The fourth-order valence-electron chi connectivity index (χ4n) is 6.74. The fourth-order valence-corrected chi connectivity index (χ4v) is 15.6. The molecule has 2 saturated carbocycles. The minimum atomic E-state index is -4.03. The Kier molecular flexibility index (Phi) is 10.8. The lowest BCUT2D eigenvalue weighted by Crippen LogP contribution is -2.35.